The van der Waals surface area contributed by atoms with Crippen LogP contribution in [0.1, 0.15) is 10.4 Å². The SMILES string of the molecule is COCCNC(=O)CNC(=O)c1cc(-c2ccc(F)cc2)nc2ccccc12. The minimum Gasteiger partial charge on any atom is -0.383 e. The van der Waals surface area contributed by atoms with E-state index in [9.17, 15) is 14.0 Å². The third kappa shape index (κ3) is 4.69. The van der Waals surface area contributed by atoms with Crippen LogP contribution in [0, 0.1) is 5.82 Å². The van der Waals surface area contributed by atoms with Gasteiger partial charge >= 0.3 is 0 Å². The molecule has 0 aliphatic heterocycles. The highest BCUT2D eigenvalue weighted by molar-refractivity contribution is 6.08. The summed E-state index contributed by atoms with van der Waals surface area (Å²) in [4.78, 5) is 29.1. The number of halogens is 1. The standard InChI is InChI=1S/C21H20FN3O3/c1-28-11-10-23-20(26)13-24-21(27)17-12-19(14-6-8-15(22)9-7-14)25-18-5-3-2-4-16(17)18/h2-9,12H,10-11,13H2,1H3,(H,23,26)(H,24,27). The summed E-state index contributed by atoms with van der Waals surface area (Å²) in [5.41, 5.74) is 2.28. The summed E-state index contributed by atoms with van der Waals surface area (Å²) < 4.78 is 18.1. The lowest BCUT2D eigenvalue weighted by molar-refractivity contribution is -0.120. The maximum Gasteiger partial charge on any atom is 0.252 e. The van der Waals surface area contributed by atoms with Gasteiger partial charge in [0, 0.05) is 24.6 Å². The first kappa shape index (κ1) is 19.4. The number of fused-ring (bicyclic) bond motifs is 1. The molecule has 0 fully saturated rings. The number of rotatable bonds is 7. The number of para-hydroxylation sites is 1. The first-order valence-electron chi connectivity index (χ1n) is 8.78. The molecule has 0 aliphatic rings. The maximum absolute atomic E-state index is 13.2. The molecule has 0 aliphatic carbocycles. The maximum atomic E-state index is 13.2. The van der Waals surface area contributed by atoms with Crippen molar-refractivity contribution >= 4 is 22.7 Å². The zero-order chi connectivity index (χ0) is 19.9. The molecule has 2 N–H and O–H groups in total. The number of nitrogens with zero attached hydrogens (tertiary/aromatic N) is 1. The second-order valence-corrected chi connectivity index (χ2v) is 6.10. The summed E-state index contributed by atoms with van der Waals surface area (Å²) in [6, 6.07) is 14.8. The Hall–Kier alpha value is -3.32. The quantitative estimate of drug-likeness (QED) is 0.617. The monoisotopic (exact) mass is 381 g/mol. The lowest BCUT2D eigenvalue weighted by Crippen LogP contribution is -2.38. The lowest BCUT2D eigenvalue weighted by Gasteiger charge is -2.11. The van der Waals surface area contributed by atoms with Crippen LogP contribution in [0.2, 0.25) is 0 Å². The van der Waals surface area contributed by atoms with E-state index in [1.807, 2.05) is 12.1 Å². The van der Waals surface area contributed by atoms with Crippen LogP contribution in [-0.2, 0) is 9.53 Å². The van der Waals surface area contributed by atoms with Crippen LogP contribution in [0.5, 0.6) is 0 Å². The van der Waals surface area contributed by atoms with Crippen LogP contribution in [0.25, 0.3) is 22.2 Å². The minimum atomic E-state index is -0.385. The number of hydrogen-bond acceptors (Lipinski definition) is 4. The van der Waals surface area contributed by atoms with Crippen molar-refractivity contribution in [2.24, 2.45) is 0 Å². The number of amides is 2. The van der Waals surface area contributed by atoms with Crippen LogP contribution < -0.4 is 10.6 Å². The van der Waals surface area contributed by atoms with Crippen molar-refractivity contribution in [3.63, 3.8) is 0 Å². The topological polar surface area (TPSA) is 80.3 Å². The van der Waals surface area contributed by atoms with Gasteiger partial charge in [0.05, 0.1) is 29.9 Å². The summed E-state index contributed by atoms with van der Waals surface area (Å²) in [5.74, 6) is -1.03. The molecule has 144 valence electrons. The summed E-state index contributed by atoms with van der Waals surface area (Å²) in [7, 11) is 1.54. The van der Waals surface area contributed by atoms with E-state index < -0.39 is 0 Å². The van der Waals surface area contributed by atoms with Gasteiger partial charge < -0.3 is 15.4 Å². The molecule has 1 aromatic heterocycles. The highest BCUT2D eigenvalue weighted by atomic mass is 19.1. The Labute approximate surface area is 161 Å². The summed E-state index contributed by atoms with van der Waals surface area (Å²) in [6.07, 6.45) is 0. The average Bonchev–Trinajstić information content (AvgIpc) is 2.72. The van der Waals surface area contributed by atoms with Gasteiger partial charge in [0.2, 0.25) is 5.91 Å². The number of carbonyl (C=O) groups is 2. The van der Waals surface area contributed by atoms with Gasteiger partial charge in [-0.2, -0.15) is 0 Å². The lowest BCUT2D eigenvalue weighted by atomic mass is 10.0. The van der Waals surface area contributed by atoms with E-state index in [1.54, 1.807) is 37.4 Å². The van der Waals surface area contributed by atoms with Crippen LogP contribution in [0.15, 0.2) is 54.6 Å². The van der Waals surface area contributed by atoms with Crippen molar-refractivity contribution in [2.45, 2.75) is 0 Å². The summed E-state index contributed by atoms with van der Waals surface area (Å²) >= 11 is 0. The van der Waals surface area contributed by atoms with Crippen molar-refractivity contribution in [3.05, 3.63) is 66.0 Å². The second kappa shape index (κ2) is 9.05. The number of methoxy groups -OCH3 is 1. The molecule has 2 aromatic carbocycles. The third-order valence-electron chi connectivity index (χ3n) is 4.14. The van der Waals surface area contributed by atoms with E-state index in [0.29, 0.717) is 40.9 Å². The Kier molecular flexibility index (Phi) is 6.29. The molecule has 1 heterocycles. The van der Waals surface area contributed by atoms with Gasteiger partial charge in [-0.1, -0.05) is 18.2 Å². The number of ether oxygens (including phenoxy) is 1. The van der Waals surface area contributed by atoms with Crippen molar-refractivity contribution in [1.82, 2.24) is 15.6 Å². The Morgan fingerprint density at radius 3 is 2.57 bits per heavy atom. The minimum absolute atomic E-state index is 0.148. The van der Waals surface area contributed by atoms with Crippen molar-refractivity contribution in [3.8, 4) is 11.3 Å². The first-order chi connectivity index (χ1) is 13.6. The Bertz CT molecular complexity index is 990. The molecule has 0 atom stereocenters. The van der Waals surface area contributed by atoms with Gasteiger partial charge in [0.1, 0.15) is 5.82 Å². The zero-order valence-electron chi connectivity index (χ0n) is 15.4. The molecule has 6 nitrogen and oxygen atoms in total. The molecule has 0 bridgehead atoms. The van der Waals surface area contributed by atoms with Gasteiger partial charge in [0.15, 0.2) is 0 Å². The largest absolute Gasteiger partial charge is 0.383 e. The van der Waals surface area contributed by atoms with Gasteiger partial charge in [-0.25, -0.2) is 9.37 Å². The number of nitrogens with one attached hydrogen (secondary N) is 2. The normalized spacial score (nSPS) is 10.6. The summed E-state index contributed by atoms with van der Waals surface area (Å²) in [5, 5.41) is 5.94. The van der Waals surface area contributed by atoms with Gasteiger partial charge in [-0.05, 0) is 36.4 Å². The number of hydrogen-bond donors (Lipinski definition) is 2. The molecule has 3 rings (SSSR count). The molecule has 7 heteroatoms. The van der Waals surface area contributed by atoms with Crippen molar-refractivity contribution in [1.29, 1.82) is 0 Å². The summed E-state index contributed by atoms with van der Waals surface area (Å²) in [6.45, 7) is 0.624. The van der Waals surface area contributed by atoms with Crippen molar-refractivity contribution < 1.29 is 18.7 Å². The fourth-order valence-electron chi connectivity index (χ4n) is 2.74. The highest BCUT2D eigenvalue weighted by Gasteiger charge is 2.15. The number of carbonyl (C=O) groups excluding carboxylic acids is 2. The Morgan fingerprint density at radius 2 is 1.82 bits per heavy atom. The van der Waals surface area contributed by atoms with Gasteiger partial charge in [0.25, 0.3) is 5.91 Å². The molecule has 2 amide bonds. The molecule has 3 aromatic rings. The molecule has 0 saturated heterocycles. The van der Waals surface area contributed by atoms with E-state index in [1.165, 1.54) is 12.1 Å². The van der Waals surface area contributed by atoms with Crippen LogP contribution in [0.4, 0.5) is 4.39 Å². The van der Waals surface area contributed by atoms with Crippen LogP contribution >= 0.6 is 0 Å². The second-order valence-electron chi connectivity index (χ2n) is 6.10. The fraction of sp³-hybridized carbons (Fsp3) is 0.190. The molecule has 28 heavy (non-hydrogen) atoms. The van der Waals surface area contributed by atoms with Gasteiger partial charge in [-0.3, -0.25) is 9.59 Å². The number of aromatic nitrogens is 1. The van der Waals surface area contributed by atoms with Crippen LogP contribution in [-0.4, -0.2) is 43.6 Å². The smallest absolute Gasteiger partial charge is 0.252 e. The Balaban J connectivity index is 1.85. The van der Waals surface area contributed by atoms with Crippen LogP contribution in [0.3, 0.4) is 0 Å². The Morgan fingerprint density at radius 1 is 1.07 bits per heavy atom. The molecule has 0 radical (unpaired) electrons. The average molecular weight is 381 g/mol. The third-order valence-corrected chi connectivity index (χ3v) is 4.14. The number of pyridine rings is 1. The molecule has 0 saturated carbocycles. The van der Waals surface area contributed by atoms with E-state index in [4.69, 9.17) is 4.74 Å². The molecular formula is C21H20FN3O3. The van der Waals surface area contributed by atoms with E-state index in [0.717, 1.165) is 0 Å². The predicted octanol–water partition coefficient (Wildman–Crippen LogP) is 2.53. The molecule has 0 unspecified atom stereocenters. The highest BCUT2D eigenvalue weighted by Crippen LogP contribution is 2.25. The fourth-order valence-corrected chi connectivity index (χ4v) is 2.74. The van der Waals surface area contributed by atoms with E-state index in [-0.39, 0.29) is 24.2 Å². The zero-order valence-corrected chi connectivity index (χ0v) is 15.4. The first-order valence-corrected chi connectivity index (χ1v) is 8.78. The van der Waals surface area contributed by atoms with E-state index >= 15 is 0 Å². The molecule has 0 spiro atoms. The number of benzene rings is 2. The van der Waals surface area contributed by atoms with E-state index in [2.05, 4.69) is 15.6 Å². The predicted molar refractivity (Wildman–Crippen MR) is 104 cm³/mol. The van der Waals surface area contributed by atoms with Gasteiger partial charge in [-0.15, -0.1) is 0 Å². The van der Waals surface area contributed by atoms with Crippen molar-refractivity contribution in [2.75, 3.05) is 26.8 Å². The molecular weight excluding hydrogens is 361 g/mol.